The number of nitrogens with one attached hydrogen (secondary N) is 1. The van der Waals surface area contributed by atoms with Crippen molar-refractivity contribution in [1.29, 1.82) is 0 Å². The lowest BCUT2D eigenvalue weighted by atomic mass is 10.2. The van der Waals surface area contributed by atoms with E-state index in [0.717, 1.165) is 12.1 Å². The Morgan fingerprint density at radius 2 is 1.96 bits per heavy atom. The van der Waals surface area contributed by atoms with Crippen molar-refractivity contribution in [3.05, 3.63) is 71.9 Å². The lowest BCUT2D eigenvalue weighted by molar-refractivity contribution is -0.116. The Kier molecular flexibility index (Phi) is 6.28. The van der Waals surface area contributed by atoms with Crippen LogP contribution in [0.1, 0.15) is 11.3 Å². The molecule has 0 aliphatic heterocycles. The fraction of sp³-hybridized carbons (Fsp3) is 0.227. The van der Waals surface area contributed by atoms with Gasteiger partial charge in [-0.1, -0.05) is 30.3 Å². The topological polar surface area (TPSA) is 63.5 Å². The maximum atomic E-state index is 12.0. The zero-order chi connectivity index (χ0) is 19.1. The first-order valence-electron chi connectivity index (χ1n) is 9.02. The molecule has 1 heterocycles. The minimum absolute atomic E-state index is 0.0137. The summed E-state index contributed by atoms with van der Waals surface area (Å²) in [6.07, 6.45) is 3.30. The predicted octanol–water partition coefficient (Wildman–Crippen LogP) is 3.15. The summed E-state index contributed by atoms with van der Waals surface area (Å²) < 4.78 is 7.52. The smallest absolute Gasteiger partial charge is 0.244 e. The average Bonchev–Trinajstić information content (AvgIpc) is 3.01. The van der Waals surface area contributed by atoms with E-state index in [1.165, 1.54) is 22.7 Å². The Bertz CT molecular complexity index is 926. The molecular formula is C22H24N2O3. The van der Waals surface area contributed by atoms with Crippen molar-refractivity contribution in [2.75, 3.05) is 19.8 Å². The molecule has 3 rings (SSSR count). The quantitative estimate of drug-likeness (QED) is 0.604. The lowest BCUT2D eigenvalue weighted by Crippen LogP contribution is -2.25. The number of aryl methyl sites for hydroxylation is 1. The molecule has 0 radical (unpaired) electrons. The highest BCUT2D eigenvalue weighted by atomic mass is 16.5. The Hall–Kier alpha value is -3.05. The number of rotatable bonds is 8. The molecular weight excluding hydrogens is 340 g/mol. The highest BCUT2D eigenvalue weighted by Gasteiger charge is 2.04. The van der Waals surface area contributed by atoms with Gasteiger partial charge in [-0.2, -0.15) is 0 Å². The lowest BCUT2D eigenvalue weighted by Gasteiger charge is -2.08. The molecule has 3 aromatic rings. The van der Waals surface area contributed by atoms with Gasteiger partial charge in [-0.3, -0.25) is 4.79 Å². The second-order valence-electron chi connectivity index (χ2n) is 6.26. The van der Waals surface area contributed by atoms with Gasteiger partial charge in [0.1, 0.15) is 12.4 Å². The number of para-hydroxylation sites is 1. The van der Waals surface area contributed by atoms with E-state index in [9.17, 15) is 4.79 Å². The molecule has 5 heteroatoms. The van der Waals surface area contributed by atoms with Crippen LogP contribution in [0.3, 0.4) is 0 Å². The van der Waals surface area contributed by atoms with Crippen LogP contribution in [0.25, 0.3) is 17.0 Å². The van der Waals surface area contributed by atoms with Crippen LogP contribution in [0.2, 0.25) is 0 Å². The van der Waals surface area contributed by atoms with Crippen LogP contribution in [0.5, 0.6) is 5.75 Å². The van der Waals surface area contributed by atoms with E-state index in [0.29, 0.717) is 12.3 Å². The normalized spacial score (nSPS) is 11.2. The van der Waals surface area contributed by atoms with E-state index < -0.39 is 0 Å². The second-order valence-corrected chi connectivity index (χ2v) is 6.26. The summed E-state index contributed by atoms with van der Waals surface area (Å²) in [6, 6.07) is 17.8. The van der Waals surface area contributed by atoms with Crippen LogP contribution < -0.4 is 10.1 Å². The number of hydrogen-bond acceptors (Lipinski definition) is 3. The van der Waals surface area contributed by atoms with Crippen molar-refractivity contribution in [3.8, 4) is 5.75 Å². The highest BCUT2D eigenvalue weighted by molar-refractivity contribution is 5.91. The molecule has 0 fully saturated rings. The first-order chi connectivity index (χ1) is 13.2. The van der Waals surface area contributed by atoms with Gasteiger partial charge in [-0.25, -0.2) is 0 Å². The molecule has 0 saturated carbocycles. The standard InChI is InChI=1S/C22H24N2O3/c1-17-16-19-4-2-3-5-21(19)24(17)13-12-23-22(26)11-8-18-6-9-20(10-7-18)27-15-14-25/h2-11,16,25H,12-15H2,1H3,(H,23,26). The highest BCUT2D eigenvalue weighted by Crippen LogP contribution is 2.18. The molecule has 1 amide bonds. The molecule has 1 aromatic heterocycles. The number of hydrogen-bond donors (Lipinski definition) is 2. The maximum absolute atomic E-state index is 12.0. The summed E-state index contributed by atoms with van der Waals surface area (Å²) in [4.78, 5) is 12.0. The monoisotopic (exact) mass is 364 g/mol. The van der Waals surface area contributed by atoms with Crippen LogP contribution in [0.4, 0.5) is 0 Å². The van der Waals surface area contributed by atoms with Gasteiger partial charge in [0.2, 0.25) is 5.91 Å². The maximum Gasteiger partial charge on any atom is 0.244 e. The molecule has 0 bridgehead atoms. The molecule has 2 N–H and O–H groups in total. The van der Waals surface area contributed by atoms with E-state index in [4.69, 9.17) is 9.84 Å². The van der Waals surface area contributed by atoms with Gasteiger partial charge in [-0.15, -0.1) is 0 Å². The average molecular weight is 364 g/mol. The molecule has 0 spiro atoms. The molecule has 0 aliphatic carbocycles. The third kappa shape index (κ3) is 4.99. The SMILES string of the molecule is Cc1cc2ccccc2n1CCNC(=O)C=Cc1ccc(OCCO)cc1. The minimum atomic E-state index is -0.121. The van der Waals surface area contributed by atoms with E-state index in [2.05, 4.69) is 35.0 Å². The van der Waals surface area contributed by atoms with Gasteiger partial charge in [0.25, 0.3) is 0 Å². The largest absolute Gasteiger partial charge is 0.491 e. The zero-order valence-electron chi connectivity index (χ0n) is 15.4. The summed E-state index contributed by atoms with van der Waals surface area (Å²) in [5.74, 6) is 0.574. The molecule has 140 valence electrons. The van der Waals surface area contributed by atoms with Crippen LogP contribution in [-0.4, -0.2) is 35.3 Å². The van der Waals surface area contributed by atoms with Gasteiger partial charge in [-0.05, 0) is 48.2 Å². The van der Waals surface area contributed by atoms with Crippen LogP contribution in [0, 0.1) is 6.92 Å². The van der Waals surface area contributed by atoms with Crippen molar-refractivity contribution >= 4 is 22.9 Å². The van der Waals surface area contributed by atoms with Gasteiger partial charge >= 0.3 is 0 Å². The molecule has 2 aromatic carbocycles. The van der Waals surface area contributed by atoms with E-state index >= 15 is 0 Å². The minimum Gasteiger partial charge on any atom is -0.491 e. The second kappa shape index (κ2) is 9.05. The molecule has 27 heavy (non-hydrogen) atoms. The van der Waals surface area contributed by atoms with Crippen molar-refractivity contribution < 1.29 is 14.6 Å². The fourth-order valence-electron chi connectivity index (χ4n) is 3.01. The van der Waals surface area contributed by atoms with Crippen molar-refractivity contribution in [2.45, 2.75) is 13.5 Å². The summed E-state index contributed by atoms with van der Waals surface area (Å²) in [5, 5.41) is 12.9. The third-order valence-electron chi connectivity index (χ3n) is 4.32. The molecule has 0 atom stereocenters. The number of nitrogens with zero attached hydrogens (tertiary/aromatic N) is 1. The number of carbonyl (C=O) groups is 1. The zero-order valence-corrected chi connectivity index (χ0v) is 15.4. The number of fused-ring (bicyclic) bond motifs is 1. The van der Waals surface area contributed by atoms with Crippen molar-refractivity contribution in [3.63, 3.8) is 0 Å². The van der Waals surface area contributed by atoms with Crippen LogP contribution in [-0.2, 0) is 11.3 Å². The molecule has 0 aliphatic rings. The third-order valence-corrected chi connectivity index (χ3v) is 4.32. The fourth-order valence-corrected chi connectivity index (χ4v) is 3.01. The Labute approximate surface area is 158 Å². The van der Waals surface area contributed by atoms with Gasteiger partial charge in [0.15, 0.2) is 0 Å². The van der Waals surface area contributed by atoms with Crippen molar-refractivity contribution in [2.24, 2.45) is 0 Å². The first kappa shape index (κ1) is 18.7. The first-order valence-corrected chi connectivity index (χ1v) is 9.02. The summed E-state index contributed by atoms with van der Waals surface area (Å²) >= 11 is 0. The van der Waals surface area contributed by atoms with E-state index in [-0.39, 0.29) is 19.1 Å². The van der Waals surface area contributed by atoms with Gasteiger partial charge in [0, 0.05) is 30.4 Å². The number of benzene rings is 2. The number of aromatic nitrogens is 1. The summed E-state index contributed by atoms with van der Waals surface area (Å²) in [7, 11) is 0. The number of aliphatic hydroxyl groups excluding tert-OH is 1. The Balaban J connectivity index is 1.50. The van der Waals surface area contributed by atoms with Crippen LogP contribution >= 0.6 is 0 Å². The Morgan fingerprint density at radius 1 is 1.19 bits per heavy atom. The van der Waals surface area contributed by atoms with E-state index in [1.54, 1.807) is 6.08 Å². The number of ether oxygens (including phenoxy) is 1. The molecule has 0 saturated heterocycles. The predicted molar refractivity (Wildman–Crippen MR) is 108 cm³/mol. The molecule has 5 nitrogen and oxygen atoms in total. The summed E-state index contributed by atoms with van der Waals surface area (Å²) in [6.45, 7) is 3.63. The Morgan fingerprint density at radius 3 is 2.74 bits per heavy atom. The number of aliphatic hydroxyl groups is 1. The molecule has 0 unspecified atom stereocenters. The van der Waals surface area contributed by atoms with Crippen molar-refractivity contribution in [1.82, 2.24) is 9.88 Å². The van der Waals surface area contributed by atoms with Crippen LogP contribution in [0.15, 0.2) is 60.7 Å². The summed E-state index contributed by atoms with van der Waals surface area (Å²) in [5.41, 5.74) is 3.28. The van der Waals surface area contributed by atoms with Gasteiger partial charge in [0.05, 0.1) is 6.61 Å². The number of amides is 1. The van der Waals surface area contributed by atoms with E-state index in [1.807, 2.05) is 36.4 Å². The number of carbonyl (C=O) groups excluding carboxylic acids is 1. The van der Waals surface area contributed by atoms with Gasteiger partial charge < -0.3 is 19.7 Å².